The van der Waals surface area contributed by atoms with Gasteiger partial charge in [0.05, 0.1) is 18.3 Å². The summed E-state index contributed by atoms with van der Waals surface area (Å²) < 4.78 is 20.9. The molecule has 0 bridgehead atoms. The largest absolute Gasteiger partial charge is 0.378 e. The first-order valence-corrected chi connectivity index (χ1v) is 25.4. The molecule has 5 aliphatic carbocycles. The lowest BCUT2D eigenvalue weighted by atomic mass is 9.43. The van der Waals surface area contributed by atoms with Crippen LogP contribution in [0.25, 0.3) is 0 Å². The highest BCUT2D eigenvalue weighted by atomic mass is 16.5. The molecule has 5 aliphatic rings. The Hall–Kier alpha value is -0.280. The van der Waals surface area contributed by atoms with E-state index in [-0.39, 0.29) is 10.8 Å². The van der Waals surface area contributed by atoms with Gasteiger partial charge in [-0.05, 0) is 170 Å². The van der Waals surface area contributed by atoms with Crippen LogP contribution < -0.4 is 17.2 Å². The average Bonchev–Trinajstić information content (AvgIpc) is 3.78. The predicted molar refractivity (Wildman–Crippen MR) is 240 cm³/mol. The lowest BCUT2D eigenvalue weighted by molar-refractivity contribution is -0.227. The number of unbranched alkanes of at least 4 members (excludes halogenated alkanes) is 10. The molecule has 57 heavy (non-hydrogen) atoms. The first-order chi connectivity index (χ1) is 27.7. The van der Waals surface area contributed by atoms with Crippen molar-refractivity contribution in [2.75, 3.05) is 59.1 Å². The van der Waals surface area contributed by atoms with Crippen molar-refractivity contribution in [3.8, 4) is 0 Å². The molecule has 7 heteroatoms. The van der Waals surface area contributed by atoms with Crippen molar-refractivity contribution < 1.29 is 14.2 Å². The number of nitrogens with zero attached hydrogens (tertiary/aromatic N) is 1. The van der Waals surface area contributed by atoms with Crippen LogP contribution in [-0.4, -0.2) is 82.3 Å². The zero-order valence-electron chi connectivity index (χ0n) is 38.5. The molecule has 0 amide bonds. The zero-order valence-corrected chi connectivity index (χ0v) is 38.5. The molecule has 7 nitrogen and oxygen atoms in total. The molecule has 0 aromatic heterocycles. The Kier molecular flexibility index (Phi) is 19.5. The Morgan fingerprint density at radius 1 is 0.632 bits per heavy atom. The summed E-state index contributed by atoms with van der Waals surface area (Å²) in [4.78, 5) is 2.86. The molecule has 0 aliphatic heterocycles. The highest BCUT2D eigenvalue weighted by Crippen LogP contribution is 2.90. The summed E-state index contributed by atoms with van der Waals surface area (Å²) in [5, 5.41) is 0. The second-order valence-electron chi connectivity index (χ2n) is 20.9. The summed E-state index contributed by atoms with van der Waals surface area (Å²) in [6.45, 7) is 21.1. The summed E-state index contributed by atoms with van der Waals surface area (Å²) in [7, 11) is 0. The van der Waals surface area contributed by atoms with Crippen molar-refractivity contribution in [3.63, 3.8) is 0 Å². The highest BCUT2D eigenvalue weighted by Gasteiger charge is 2.87. The molecule has 0 radical (unpaired) electrons. The van der Waals surface area contributed by atoms with Gasteiger partial charge < -0.3 is 36.3 Å². The van der Waals surface area contributed by atoms with Gasteiger partial charge in [-0.1, -0.05) is 98.8 Å². The smallest absolute Gasteiger partial charge is 0.0642 e. The monoisotopic (exact) mass is 801 g/mol. The minimum Gasteiger partial charge on any atom is -0.378 e. The van der Waals surface area contributed by atoms with Crippen LogP contribution in [0.5, 0.6) is 0 Å². The van der Waals surface area contributed by atoms with Gasteiger partial charge in [0.1, 0.15) is 0 Å². The number of rotatable bonds is 31. The number of hydrogen-bond acceptors (Lipinski definition) is 7. The van der Waals surface area contributed by atoms with Crippen molar-refractivity contribution in [2.45, 2.75) is 213 Å². The molecule has 5 saturated carbocycles. The topological polar surface area (TPSA) is 109 Å². The minimum absolute atomic E-state index is 0.173. The van der Waals surface area contributed by atoms with E-state index in [4.69, 9.17) is 31.4 Å². The second kappa shape index (κ2) is 23.2. The normalized spacial score (nSPS) is 36.2. The maximum atomic E-state index is 7.22. The van der Waals surface area contributed by atoms with Gasteiger partial charge >= 0.3 is 0 Å². The third kappa shape index (κ3) is 10.7. The van der Waals surface area contributed by atoms with Crippen LogP contribution >= 0.6 is 0 Å². The molecule has 11 unspecified atom stereocenters. The van der Waals surface area contributed by atoms with E-state index in [1.807, 2.05) is 0 Å². The molecule has 334 valence electrons. The van der Waals surface area contributed by atoms with Crippen molar-refractivity contribution in [3.05, 3.63) is 0 Å². The van der Waals surface area contributed by atoms with Crippen LogP contribution in [0, 0.1) is 45.3 Å². The first-order valence-electron chi connectivity index (χ1n) is 25.4. The van der Waals surface area contributed by atoms with E-state index in [9.17, 15) is 0 Å². The van der Waals surface area contributed by atoms with E-state index < -0.39 is 0 Å². The van der Waals surface area contributed by atoms with E-state index in [1.165, 1.54) is 161 Å². The molecule has 0 spiro atoms. The number of fused-ring (bicyclic) bond motifs is 2. The lowest BCUT2D eigenvalue weighted by Crippen LogP contribution is -2.63. The van der Waals surface area contributed by atoms with Crippen LogP contribution in [0.1, 0.15) is 195 Å². The molecule has 0 saturated heterocycles. The molecule has 6 N–H and O–H groups in total. The Morgan fingerprint density at radius 3 is 1.81 bits per heavy atom. The molecule has 0 aromatic rings. The molecule has 0 heterocycles. The fraction of sp³-hybridized carbons (Fsp3) is 1.00. The standard InChI is InChI=1S/C50H96N4O3/c1-6-8-10-12-14-16-30-54(31-17-15-13-11-9-7-2)32-18-22-40(3)43-23-24-44-48(43,5)46(57-35-21-29-53)38-49-39-50(44,49)45(56-34-20-28-52)37-41-36-42(55-33-19-27-51)25-26-47(41,49)4/h40-46H,6-39,51-53H2,1-5H3. The fourth-order valence-corrected chi connectivity index (χ4v) is 14.5. The Bertz CT molecular complexity index is 1110. The van der Waals surface area contributed by atoms with Gasteiger partial charge in [0.15, 0.2) is 0 Å². The quantitative estimate of drug-likeness (QED) is 0.0599. The van der Waals surface area contributed by atoms with Gasteiger partial charge in [0.25, 0.3) is 0 Å². The van der Waals surface area contributed by atoms with Gasteiger partial charge in [0, 0.05) is 30.7 Å². The molecule has 5 rings (SSSR count). The summed E-state index contributed by atoms with van der Waals surface area (Å²) in [5.74, 6) is 2.70. The van der Waals surface area contributed by atoms with Gasteiger partial charge in [-0.15, -0.1) is 0 Å². The van der Waals surface area contributed by atoms with Crippen molar-refractivity contribution in [1.82, 2.24) is 4.90 Å². The number of nitrogens with two attached hydrogens (primary N) is 3. The molecular weight excluding hydrogens is 705 g/mol. The van der Waals surface area contributed by atoms with E-state index >= 15 is 0 Å². The maximum Gasteiger partial charge on any atom is 0.0642 e. The van der Waals surface area contributed by atoms with Gasteiger partial charge in [0.2, 0.25) is 0 Å². The first kappa shape index (κ1) is 47.8. The summed E-state index contributed by atoms with van der Waals surface area (Å²) in [6, 6.07) is 0. The van der Waals surface area contributed by atoms with E-state index in [0.717, 1.165) is 39.1 Å². The SMILES string of the molecule is CCCCCCCCN(CCCCCCCC)CCCC(C)C1CCC2C1(C)C(OCCCN)CC13CC21C(OCCCN)CC1CC(OCCCN)CCC13C. The van der Waals surface area contributed by atoms with Crippen LogP contribution in [0.15, 0.2) is 0 Å². The van der Waals surface area contributed by atoms with Crippen LogP contribution in [0.4, 0.5) is 0 Å². The van der Waals surface area contributed by atoms with Crippen molar-refractivity contribution in [2.24, 2.45) is 62.5 Å². The third-order valence-corrected chi connectivity index (χ3v) is 17.6. The summed E-state index contributed by atoms with van der Waals surface area (Å²) >= 11 is 0. The van der Waals surface area contributed by atoms with Crippen LogP contribution in [0.3, 0.4) is 0 Å². The van der Waals surface area contributed by atoms with Gasteiger partial charge in [-0.25, -0.2) is 0 Å². The Morgan fingerprint density at radius 2 is 1.19 bits per heavy atom. The predicted octanol–water partition coefficient (Wildman–Crippen LogP) is 10.7. The molecule has 11 atom stereocenters. The number of ether oxygens (including phenoxy) is 3. The van der Waals surface area contributed by atoms with Gasteiger partial charge in [-0.3, -0.25) is 0 Å². The average molecular weight is 801 g/mol. The Labute approximate surface area is 353 Å². The molecule has 5 fully saturated rings. The second-order valence-corrected chi connectivity index (χ2v) is 20.9. The lowest BCUT2D eigenvalue weighted by Gasteiger charge is -2.64. The van der Waals surface area contributed by atoms with E-state index in [1.54, 1.807) is 0 Å². The number of hydrogen-bond donors (Lipinski definition) is 3. The van der Waals surface area contributed by atoms with E-state index in [0.29, 0.717) is 72.4 Å². The van der Waals surface area contributed by atoms with Crippen molar-refractivity contribution >= 4 is 0 Å². The minimum atomic E-state index is 0.173. The molecule has 0 aromatic carbocycles. The fourth-order valence-electron chi connectivity index (χ4n) is 14.5. The maximum absolute atomic E-state index is 7.22. The van der Waals surface area contributed by atoms with Crippen molar-refractivity contribution in [1.29, 1.82) is 0 Å². The molecular formula is C50H96N4O3. The zero-order chi connectivity index (χ0) is 40.8. The summed E-state index contributed by atoms with van der Waals surface area (Å²) in [6.07, 6.45) is 33.2. The Balaban J connectivity index is 1.30. The summed E-state index contributed by atoms with van der Waals surface area (Å²) in [5.41, 5.74) is 19.1. The van der Waals surface area contributed by atoms with Gasteiger partial charge in [-0.2, -0.15) is 0 Å². The van der Waals surface area contributed by atoms with Crippen LogP contribution in [-0.2, 0) is 14.2 Å². The third-order valence-electron chi connectivity index (χ3n) is 17.6. The highest BCUT2D eigenvalue weighted by molar-refractivity contribution is 5.35. The van der Waals surface area contributed by atoms with Crippen LogP contribution in [0.2, 0.25) is 0 Å². The van der Waals surface area contributed by atoms with E-state index in [2.05, 4.69) is 39.5 Å².